The summed E-state index contributed by atoms with van der Waals surface area (Å²) in [6.07, 6.45) is -5.25. The van der Waals surface area contributed by atoms with Crippen LogP contribution in [0.3, 0.4) is 0 Å². The van der Waals surface area contributed by atoms with Gasteiger partial charge in [0.05, 0.1) is 25.2 Å². The molecule has 8 heteroatoms. The van der Waals surface area contributed by atoms with E-state index in [0.717, 1.165) is 19.2 Å². The normalized spacial score (nSPS) is 10.8. The molecule has 0 atom stereocenters. The topological polar surface area (TPSA) is 85.3 Å². The van der Waals surface area contributed by atoms with Gasteiger partial charge in [-0.2, -0.15) is 5.26 Å². The van der Waals surface area contributed by atoms with Crippen LogP contribution in [0.1, 0.15) is 16.7 Å². The number of benzene rings is 1. The summed E-state index contributed by atoms with van der Waals surface area (Å²) in [4.78, 5) is 11.3. The Balaban J connectivity index is 3.33. The second-order valence-corrected chi connectivity index (χ2v) is 3.69. The number of alkyl halides is 3. The van der Waals surface area contributed by atoms with E-state index in [1.165, 1.54) is 0 Å². The highest BCUT2D eigenvalue weighted by Crippen LogP contribution is 2.30. The highest BCUT2D eigenvalue weighted by atomic mass is 19.4. The van der Waals surface area contributed by atoms with Crippen molar-refractivity contribution < 1.29 is 27.4 Å². The van der Waals surface area contributed by atoms with E-state index in [-0.39, 0.29) is 29.7 Å². The third kappa shape index (κ3) is 3.86. The zero-order valence-corrected chi connectivity index (χ0v) is 10.5. The van der Waals surface area contributed by atoms with Crippen LogP contribution in [-0.4, -0.2) is 19.4 Å². The number of methoxy groups -OCH3 is 1. The van der Waals surface area contributed by atoms with Crippen LogP contribution in [0.4, 0.5) is 13.2 Å². The average Bonchev–Trinajstić information content (AvgIpc) is 2.37. The third-order valence-corrected chi connectivity index (χ3v) is 2.49. The monoisotopic (exact) mass is 288 g/mol. The maximum absolute atomic E-state index is 12.3. The van der Waals surface area contributed by atoms with E-state index in [0.29, 0.717) is 0 Å². The summed E-state index contributed by atoms with van der Waals surface area (Å²) in [7, 11) is 1.13. The quantitative estimate of drug-likeness (QED) is 0.851. The van der Waals surface area contributed by atoms with Gasteiger partial charge in [-0.3, -0.25) is 4.79 Å². The van der Waals surface area contributed by atoms with E-state index in [4.69, 9.17) is 11.0 Å². The lowest BCUT2D eigenvalue weighted by Gasteiger charge is -2.16. The molecule has 0 aromatic heterocycles. The molecule has 0 saturated heterocycles. The van der Waals surface area contributed by atoms with E-state index in [1.807, 2.05) is 0 Å². The Hall–Kier alpha value is -2.27. The molecule has 0 aliphatic rings. The molecule has 5 nitrogen and oxygen atoms in total. The van der Waals surface area contributed by atoms with Crippen LogP contribution in [0, 0.1) is 11.3 Å². The number of hydrogen-bond donors (Lipinski definition) is 1. The lowest BCUT2D eigenvalue weighted by molar-refractivity contribution is -0.274. The molecule has 0 amide bonds. The predicted octanol–water partition coefficient (Wildman–Crippen LogP) is 1.63. The summed E-state index contributed by atoms with van der Waals surface area (Å²) in [6.45, 7) is -0.312. The van der Waals surface area contributed by atoms with E-state index in [9.17, 15) is 18.0 Å². The number of carbonyl (C=O) groups excluding carboxylic acids is 1. The van der Waals surface area contributed by atoms with Crippen LogP contribution >= 0.6 is 0 Å². The van der Waals surface area contributed by atoms with Crippen molar-refractivity contribution in [2.75, 3.05) is 7.11 Å². The zero-order chi connectivity index (χ0) is 15.3. The smallest absolute Gasteiger partial charge is 0.469 e. The number of nitrogens with zero attached hydrogens (tertiary/aromatic N) is 1. The molecule has 0 aliphatic heterocycles. The molecule has 0 bridgehead atoms. The van der Waals surface area contributed by atoms with Crippen LogP contribution < -0.4 is 10.5 Å². The molecule has 0 saturated carbocycles. The van der Waals surface area contributed by atoms with Gasteiger partial charge in [-0.05, 0) is 17.7 Å². The van der Waals surface area contributed by atoms with Gasteiger partial charge in [-0.1, -0.05) is 0 Å². The molecule has 0 aliphatic carbocycles. The number of halogens is 3. The van der Waals surface area contributed by atoms with Crippen molar-refractivity contribution in [1.29, 1.82) is 5.26 Å². The molecule has 0 spiro atoms. The molecule has 0 unspecified atom stereocenters. The fourth-order valence-electron chi connectivity index (χ4n) is 1.64. The summed E-state index contributed by atoms with van der Waals surface area (Å²) >= 11 is 0. The molecule has 20 heavy (non-hydrogen) atoms. The Morgan fingerprint density at radius 3 is 2.50 bits per heavy atom. The number of carbonyl (C=O) groups is 1. The summed E-state index contributed by atoms with van der Waals surface area (Å²) in [5.74, 6) is -1.22. The molecule has 0 heterocycles. The summed E-state index contributed by atoms with van der Waals surface area (Å²) in [6, 6.07) is 3.92. The molecule has 2 N–H and O–H groups in total. The maximum atomic E-state index is 12.3. The van der Waals surface area contributed by atoms with Crippen molar-refractivity contribution in [2.45, 2.75) is 19.3 Å². The van der Waals surface area contributed by atoms with E-state index in [1.54, 1.807) is 6.07 Å². The molecule has 0 fully saturated rings. The Kier molecular flexibility index (Phi) is 4.94. The number of nitrogens with two attached hydrogens (primary N) is 1. The van der Waals surface area contributed by atoms with Crippen molar-refractivity contribution in [3.05, 3.63) is 28.8 Å². The lowest BCUT2D eigenvalue weighted by atomic mass is 9.98. The first kappa shape index (κ1) is 15.8. The SMILES string of the molecule is COC(=O)Cc1c(C#N)ccc(OC(F)(F)F)c1CN. The molecule has 1 aromatic carbocycles. The van der Waals surface area contributed by atoms with Crippen LogP contribution in [0.25, 0.3) is 0 Å². The second kappa shape index (κ2) is 6.25. The Labute approximate surface area is 112 Å². The molecule has 1 rings (SSSR count). The van der Waals surface area contributed by atoms with Gasteiger partial charge < -0.3 is 15.2 Å². The van der Waals surface area contributed by atoms with Crippen molar-refractivity contribution in [3.8, 4) is 11.8 Å². The minimum atomic E-state index is -4.89. The first-order chi connectivity index (χ1) is 9.32. The fraction of sp³-hybridized carbons (Fsp3) is 0.333. The predicted molar refractivity (Wildman–Crippen MR) is 61.5 cm³/mol. The summed E-state index contributed by atoms with van der Waals surface area (Å²) in [5, 5.41) is 8.94. The maximum Gasteiger partial charge on any atom is 0.573 e. The number of esters is 1. The lowest BCUT2D eigenvalue weighted by Crippen LogP contribution is -2.20. The van der Waals surface area contributed by atoms with Gasteiger partial charge in [-0.15, -0.1) is 13.2 Å². The van der Waals surface area contributed by atoms with Gasteiger partial charge in [0.1, 0.15) is 5.75 Å². The number of nitriles is 1. The molecular formula is C12H11F3N2O3. The van der Waals surface area contributed by atoms with Crippen molar-refractivity contribution >= 4 is 5.97 Å². The highest BCUT2D eigenvalue weighted by molar-refractivity contribution is 5.74. The Morgan fingerprint density at radius 1 is 1.40 bits per heavy atom. The van der Waals surface area contributed by atoms with Gasteiger partial charge >= 0.3 is 12.3 Å². The van der Waals surface area contributed by atoms with Gasteiger partial charge in [0, 0.05) is 12.1 Å². The van der Waals surface area contributed by atoms with Gasteiger partial charge in [-0.25, -0.2) is 0 Å². The van der Waals surface area contributed by atoms with Gasteiger partial charge in [0.2, 0.25) is 0 Å². The first-order valence-electron chi connectivity index (χ1n) is 5.39. The minimum absolute atomic E-state index is 0.0466. The van der Waals surface area contributed by atoms with Gasteiger partial charge in [0.15, 0.2) is 0 Å². The van der Waals surface area contributed by atoms with Crippen LogP contribution in [0.15, 0.2) is 12.1 Å². The molecule has 0 radical (unpaired) electrons. The molecule has 1 aromatic rings. The average molecular weight is 288 g/mol. The number of hydrogen-bond acceptors (Lipinski definition) is 5. The van der Waals surface area contributed by atoms with Crippen molar-refractivity contribution in [2.24, 2.45) is 5.73 Å². The first-order valence-corrected chi connectivity index (χ1v) is 5.39. The second-order valence-electron chi connectivity index (χ2n) is 3.69. The van der Waals surface area contributed by atoms with Crippen LogP contribution in [0.5, 0.6) is 5.75 Å². The van der Waals surface area contributed by atoms with Crippen LogP contribution in [0.2, 0.25) is 0 Å². The number of rotatable bonds is 4. The Morgan fingerprint density at radius 2 is 2.05 bits per heavy atom. The van der Waals surface area contributed by atoms with E-state index < -0.39 is 18.1 Å². The van der Waals surface area contributed by atoms with Crippen molar-refractivity contribution in [1.82, 2.24) is 0 Å². The highest BCUT2D eigenvalue weighted by Gasteiger charge is 2.32. The molecule has 108 valence electrons. The zero-order valence-electron chi connectivity index (χ0n) is 10.5. The summed E-state index contributed by atoms with van der Waals surface area (Å²) in [5.41, 5.74) is 5.47. The number of ether oxygens (including phenoxy) is 2. The minimum Gasteiger partial charge on any atom is -0.469 e. The fourth-order valence-corrected chi connectivity index (χ4v) is 1.64. The Bertz CT molecular complexity index is 550. The largest absolute Gasteiger partial charge is 0.573 e. The van der Waals surface area contributed by atoms with Crippen LogP contribution in [-0.2, 0) is 22.5 Å². The van der Waals surface area contributed by atoms with Gasteiger partial charge in [0.25, 0.3) is 0 Å². The van der Waals surface area contributed by atoms with E-state index in [2.05, 4.69) is 9.47 Å². The summed E-state index contributed by atoms with van der Waals surface area (Å²) < 4.78 is 45.1. The van der Waals surface area contributed by atoms with E-state index >= 15 is 0 Å². The molecular weight excluding hydrogens is 277 g/mol. The third-order valence-electron chi connectivity index (χ3n) is 2.49. The standard InChI is InChI=1S/C12H11F3N2O3/c1-19-11(18)4-8-7(5-16)2-3-10(9(8)6-17)20-12(13,14)15/h2-3H,4,6,17H2,1H3. The van der Waals surface area contributed by atoms with Crippen molar-refractivity contribution in [3.63, 3.8) is 0 Å².